The second kappa shape index (κ2) is 6.62. The number of nitrogens with one attached hydrogen (secondary N) is 1. The standard InChI is InChI=1S/C16H15N3O3S/c1-10-9-23-16(17-10)12-3-5-13(6-4-12)21-8-15(20)18-14-7-11(2)22-19-14/h3-7,9H,8H2,1-2H3,(H,18,19,20). The fraction of sp³-hybridized carbons (Fsp3) is 0.188. The number of benzene rings is 1. The van der Waals surface area contributed by atoms with Gasteiger partial charge in [0, 0.05) is 22.7 Å². The van der Waals surface area contributed by atoms with Crippen LogP contribution >= 0.6 is 11.3 Å². The van der Waals surface area contributed by atoms with E-state index >= 15 is 0 Å². The number of rotatable bonds is 5. The molecule has 0 spiro atoms. The largest absolute Gasteiger partial charge is 0.484 e. The van der Waals surface area contributed by atoms with Crippen LogP contribution in [0.3, 0.4) is 0 Å². The molecule has 0 saturated carbocycles. The van der Waals surface area contributed by atoms with Crippen molar-refractivity contribution in [1.29, 1.82) is 0 Å². The number of aromatic nitrogens is 2. The molecule has 3 rings (SSSR count). The number of carbonyl (C=O) groups is 1. The quantitative estimate of drug-likeness (QED) is 0.776. The van der Waals surface area contributed by atoms with Gasteiger partial charge < -0.3 is 14.6 Å². The molecular formula is C16H15N3O3S. The lowest BCUT2D eigenvalue weighted by atomic mass is 10.2. The zero-order valence-corrected chi connectivity index (χ0v) is 13.5. The van der Waals surface area contributed by atoms with Gasteiger partial charge in [0.2, 0.25) is 0 Å². The summed E-state index contributed by atoms with van der Waals surface area (Å²) in [4.78, 5) is 16.2. The molecule has 3 aromatic rings. The normalized spacial score (nSPS) is 10.5. The molecule has 1 aromatic carbocycles. The maximum absolute atomic E-state index is 11.8. The van der Waals surface area contributed by atoms with Crippen LogP contribution in [0.25, 0.3) is 10.6 Å². The highest BCUT2D eigenvalue weighted by atomic mass is 32.1. The number of ether oxygens (including phenoxy) is 1. The summed E-state index contributed by atoms with van der Waals surface area (Å²) in [5.74, 6) is 1.34. The van der Waals surface area contributed by atoms with Crippen molar-refractivity contribution in [2.45, 2.75) is 13.8 Å². The van der Waals surface area contributed by atoms with Gasteiger partial charge in [-0.3, -0.25) is 4.79 Å². The van der Waals surface area contributed by atoms with E-state index in [2.05, 4.69) is 15.5 Å². The summed E-state index contributed by atoms with van der Waals surface area (Å²) in [5.41, 5.74) is 2.03. The third-order valence-electron chi connectivity index (χ3n) is 2.99. The predicted molar refractivity (Wildman–Crippen MR) is 87.7 cm³/mol. The second-order valence-corrected chi connectivity index (χ2v) is 5.84. The van der Waals surface area contributed by atoms with E-state index in [9.17, 15) is 4.79 Å². The highest BCUT2D eigenvalue weighted by Crippen LogP contribution is 2.25. The SMILES string of the molecule is Cc1csc(-c2ccc(OCC(=O)Nc3cc(C)on3)cc2)n1. The van der Waals surface area contributed by atoms with E-state index in [-0.39, 0.29) is 12.5 Å². The lowest BCUT2D eigenvalue weighted by molar-refractivity contribution is -0.118. The van der Waals surface area contributed by atoms with E-state index in [0.29, 0.717) is 17.3 Å². The van der Waals surface area contributed by atoms with Crippen molar-refractivity contribution in [2.75, 3.05) is 11.9 Å². The molecule has 118 valence electrons. The third-order valence-corrected chi connectivity index (χ3v) is 3.99. The molecule has 0 fully saturated rings. The Kier molecular flexibility index (Phi) is 4.38. The Labute approximate surface area is 137 Å². The zero-order chi connectivity index (χ0) is 16.2. The Morgan fingerprint density at radius 1 is 1.30 bits per heavy atom. The van der Waals surface area contributed by atoms with E-state index in [4.69, 9.17) is 9.26 Å². The summed E-state index contributed by atoms with van der Waals surface area (Å²) in [6, 6.07) is 9.13. The monoisotopic (exact) mass is 329 g/mol. The van der Waals surface area contributed by atoms with Gasteiger partial charge in [-0.15, -0.1) is 11.3 Å². The van der Waals surface area contributed by atoms with Crippen molar-refractivity contribution in [1.82, 2.24) is 10.1 Å². The van der Waals surface area contributed by atoms with Crippen molar-refractivity contribution in [3.8, 4) is 16.3 Å². The smallest absolute Gasteiger partial charge is 0.263 e. The molecule has 6 nitrogen and oxygen atoms in total. The fourth-order valence-corrected chi connectivity index (χ4v) is 2.74. The molecule has 0 radical (unpaired) electrons. The number of hydrogen-bond donors (Lipinski definition) is 1. The average molecular weight is 329 g/mol. The summed E-state index contributed by atoms with van der Waals surface area (Å²) in [7, 11) is 0. The molecule has 7 heteroatoms. The van der Waals surface area contributed by atoms with Crippen LogP contribution in [0.5, 0.6) is 5.75 Å². The topological polar surface area (TPSA) is 77.2 Å². The molecule has 1 amide bonds. The lowest BCUT2D eigenvalue weighted by Gasteiger charge is -2.06. The van der Waals surface area contributed by atoms with Gasteiger partial charge in [-0.1, -0.05) is 5.16 Å². The predicted octanol–water partition coefficient (Wildman–Crippen LogP) is 3.43. The Morgan fingerprint density at radius 3 is 2.70 bits per heavy atom. The summed E-state index contributed by atoms with van der Waals surface area (Å²) in [6.45, 7) is 3.62. The molecule has 0 unspecified atom stereocenters. The molecule has 0 saturated heterocycles. The number of aryl methyl sites for hydroxylation is 2. The van der Waals surface area contributed by atoms with Crippen molar-refractivity contribution in [3.05, 3.63) is 47.2 Å². The Bertz CT molecular complexity index is 808. The van der Waals surface area contributed by atoms with Gasteiger partial charge in [0.15, 0.2) is 12.4 Å². The number of nitrogens with zero attached hydrogens (tertiary/aromatic N) is 2. The maximum atomic E-state index is 11.8. The van der Waals surface area contributed by atoms with E-state index in [0.717, 1.165) is 16.3 Å². The zero-order valence-electron chi connectivity index (χ0n) is 12.7. The Hall–Kier alpha value is -2.67. The first kappa shape index (κ1) is 15.2. The molecule has 23 heavy (non-hydrogen) atoms. The van der Waals surface area contributed by atoms with Crippen molar-refractivity contribution < 1.29 is 14.1 Å². The minimum atomic E-state index is -0.294. The fourth-order valence-electron chi connectivity index (χ4n) is 1.93. The first-order chi connectivity index (χ1) is 11.1. The van der Waals surface area contributed by atoms with Crippen LogP contribution in [0.2, 0.25) is 0 Å². The molecule has 0 aliphatic rings. The van der Waals surface area contributed by atoms with Crippen LogP contribution < -0.4 is 10.1 Å². The Morgan fingerprint density at radius 2 is 2.09 bits per heavy atom. The van der Waals surface area contributed by atoms with Gasteiger partial charge in [-0.2, -0.15) is 0 Å². The summed E-state index contributed by atoms with van der Waals surface area (Å²) in [5, 5.41) is 9.26. The highest BCUT2D eigenvalue weighted by molar-refractivity contribution is 7.13. The van der Waals surface area contributed by atoms with Crippen LogP contribution in [0, 0.1) is 13.8 Å². The van der Waals surface area contributed by atoms with Crippen molar-refractivity contribution in [3.63, 3.8) is 0 Å². The lowest BCUT2D eigenvalue weighted by Crippen LogP contribution is -2.20. The van der Waals surface area contributed by atoms with Gasteiger partial charge >= 0.3 is 0 Å². The number of thiazole rings is 1. The number of carbonyl (C=O) groups excluding carboxylic acids is 1. The van der Waals surface area contributed by atoms with Gasteiger partial charge in [0.25, 0.3) is 5.91 Å². The molecule has 2 heterocycles. The average Bonchev–Trinajstić information content (AvgIpc) is 3.14. The third kappa shape index (κ3) is 3.95. The van der Waals surface area contributed by atoms with Crippen molar-refractivity contribution >= 4 is 23.1 Å². The molecule has 0 aliphatic carbocycles. The molecule has 0 bridgehead atoms. The van der Waals surface area contributed by atoms with Crippen LogP contribution in [-0.4, -0.2) is 22.7 Å². The van der Waals surface area contributed by atoms with Gasteiger partial charge in [0.1, 0.15) is 16.5 Å². The van der Waals surface area contributed by atoms with Crippen LogP contribution in [0.15, 0.2) is 40.2 Å². The van der Waals surface area contributed by atoms with E-state index < -0.39 is 0 Å². The number of amides is 1. The molecular weight excluding hydrogens is 314 g/mol. The van der Waals surface area contributed by atoms with E-state index in [1.807, 2.05) is 36.6 Å². The second-order valence-electron chi connectivity index (χ2n) is 4.98. The van der Waals surface area contributed by atoms with Crippen LogP contribution in [-0.2, 0) is 4.79 Å². The summed E-state index contributed by atoms with van der Waals surface area (Å²) in [6.07, 6.45) is 0. The molecule has 0 atom stereocenters. The highest BCUT2D eigenvalue weighted by Gasteiger charge is 2.08. The first-order valence-electron chi connectivity index (χ1n) is 6.99. The van der Waals surface area contributed by atoms with Crippen LogP contribution in [0.4, 0.5) is 5.82 Å². The minimum absolute atomic E-state index is 0.0956. The Balaban J connectivity index is 1.55. The van der Waals surface area contributed by atoms with Gasteiger partial charge in [-0.25, -0.2) is 4.98 Å². The van der Waals surface area contributed by atoms with E-state index in [1.54, 1.807) is 24.3 Å². The summed E-state index contributed by atoms with van der Waals surface area (Å²) >= 11 is 1.60. The summed E-state index contributed by atoms with van der Waals surface area (Å²) < 4.78 is 10.3. The van der Waals surface area contributed by atoms with Gasteiger partial charge in [0.05, 0.1) is 0 Å². The number of anilines is 1. The molecule has 0 aliphatic heterocycles. The van der Waals surface area contributed by atoms with E-state index in [1.165, 1.54) is 0 Å². The van der Waals surface area contributed by atoms with Gasteiger partial charge in [-0.05, 0) is 38.1 Å². The van der Waals surface area contributed by atoms with Crippen molar-refractivity contribution in [2.24, 2.45) is 0 Å². The molecule has 2 aromatic heterocycles. The first-order valence-corrected chi connectivity index (χ1v) is 7.86. The number of hydrogen-bond acceptors (Lipinski definition) is 6. The minimum Gasteiger partial charge on any atom is -0.484 e. The molecule has 1 N–H and O–H groups in total. The van der Waals surface area contributed by atoms with Crippen LogP contribution in [0.1, 0.15) is 11.5 Å². The maximum Gasteiger partial charge on any atom is 0.263 e.